The van der Waals surface area contributed by atoms with E-state index in [0.717, 1.165) is 36.0 Å². The summed E-state index contributed by atoms with van der Waals surface area (Å²) in [6.07, 6.45) is 4.09. The standard InChI is InChI=1S/C18H26N2O3/c1-19(2)10-9-14-13-20(18(21)6-5-11-22-3)17-8-7-15(23-4)12-16(14)17/h7-8,12-13H,5-6,9-11H2,1-4H3. The summed E-state index contributed by atoms with van der Waals surface area (Å²) >= 11 is 0. The van der Waals surface area contributed by atoms with Gasteiger partial charge in [-0.1, -0.05) is 0 Å². The molecule has 1 aromatic heterocycles. The zero-order chi connectivity index (χ0) is 16.8. The summed E-state index contributed by atoms with van der Waals surface area (Å²) in [6.45, 7) is 1.54. The number of hydrogen-bond acceptors (Lipinski definition) is 4. The monoisotopic (exact) mass is 318 g/mol. The largest absolute Gasteiger partial charge is 0.497 e. The number of aromatic nitrogens is 1. The van der Waals surface area contributed by atoms with Crippen molar-refractivity contribution in [2.75, 3.05) is 41.5 Å². The van der Waals surface area contributed by atoms with Gasteiger partial charge in [0.25, 0.3) is 0 Å². The first kappa shape index (κ1) is 17.5. The molecule has 0 spiro atoms. The van der Waals surface area contributed by atoms with E-state index in [4.69, 9.17) is 9.47 Å². The molecule has 0 amide bonds. The minimum atomic E-state index is 0.105. The second-order valence-electron chi connectivity index (χ2n) is 5.95. The zero-order valence-corrected chi connectivity index (χ0v) is 14.5. The highest BCUT2D eigenvalue weighted by Gasteiger charge is 2.14. The van der Waals surface area contributed by atoms with E-state index in [0.29, 0.717) is 13.0 Å². The molecule has 0 aliphatic rings. The lowest BCUT2D eigenvalue weighted by Gasteiger charge is -2.08. The van der Waals surface area contributed by atoms with Crippen molar-refractivity contribution in [2.24, 2.45) is 0 Å². The summed E-state index contributed by atoms with van der Waals surface area (Å²) in [5.41, 5.74) is 2.12. The lowest BCUT2D eigenvalue weighted by molar-refractivity contribution is 0.0888. The highest BCUT2D eigenvalue weighted by molar-refractivity contribution is 5.95. The Bertz CT molecular complexity index is 662. The Labute approximate surface area is 137 Å². The van der Waals surface area contributed by atoms with Gasteiger partial charge in [0.1, 0.15) is 5.75 Å². The molecule has 0 aliphatic heterocycles. The van der Waals surface area contributed by atoms with Crippen molar-refractivity contribution in [1.29, 1.82) is 0 Å². The van der Waals surface area contributed by atoms with E-state index in [9.17, 15) is 4.79 Å². The number of carbonyl (C=O) groups excluding carboxylic acids is 1. The molecule has 5 heteroatoms. The molecule has 1 aromatic carbocycles. The highest BCUT2D eigenvalue weighted by atomic mass is 16.5. The van der Waals surface area contributed by atoms with E-state index >= 15 is 0 Å². The summed E-state index contributed by atoms with van der Waals surface area (Å²) in [5.74, 6) is 0.918. The van der Waals surface area contributed by atoms with Crippen LogP contribution >= 0.6 is 0 Å². The molecule has 0 bridgehead atoms. The maximum atomic E-state index is 12.5. The molecule has 0 saturated carbocycles. The fourth-order valence-electron chi connectivity index (χ4n) is 2.64. The molecular formula is C18H26N2O3. The number of hydrogen-bond donors (Lipinski definition) is 0. The Morgan fingerprint density at radius 1 is 1.26 bits per heavy atom. The average Bonchev–Trinajstić information content (AvgIpc) is 2.91. The second kappa shape index (κ2) is 8.13. The predicted molar refractivity (Wildman–Crippen MR) is 92.5 cm³/mol. The van der Waals surface area contributed by atoms with Gasteiger partial charge in [0.2, 0.25) is 5.91 Å². The predicted octanol–water partition coefficient (Wildman–Crippen LogP) is 2.82. The Kier molecular flexibility index (Phi) is 6.19. The van der Waals surface area contributed by atoms with Gasteiger partial charge in [0.15, 0.2) is 0 Å². The van der Waals surface area contributed by atoms with Crippen LogP contribution in [0.5, 0.6) is 5.75 Å². The van der Waals surface area contributed by atoms with Crippen LogP contribution in [0.1, 0.15) is 23.2 Å². The zero-order valence-electron chi connectivity index (χ0n) is 14.5. The van der Waals surface area contributed by atoms with Crippen LogP contribution < -0.4 is 4.74 Å². The minimum absolute atomic E-state index is 0.105. The van der Waals surface area contributed by atoms with Gasteiger partial charge in [-0.25, -0.2) is 0 Å². The molecular weight excluding hydrogens is 292 g/mol. The third kappa shape index (κ3) is 4.33. The molecule has 0 unspecified atom stereocenters. The van der Waals surface area contributed by atoms with Crippen LogP contribution in [0, 0.1) is 0 Å². The lowest BCUT2D eigenvalue weighted by atomic mass is 10.1. The van der Waals surface area contributed by atoms with Crippen LogP contribution in [0.4, 0.5) is 0 Å². The van der Waals surface area contributed by atoms with Crippen LogP contribution in [0.25, 0.3) is 10.9 Å². The van der Waals surface area contributed by atoms with Crippen LogP contribution in [0.15, 0.2) is 24.4 Å². The summed E-state index contributed by atoms with van der Waals surface area (Å²) in [7, 11) is 7.42. The summed E-state index contributed by atoms with van der Waals surface area (Å²) < 4.78 is 12.1. The third-order valence-corrected chi connectivity index (χ3v) is 3.93. The smallest absolute Gasteiger partial charge is 0.231 e. The van der Waals surface area contributed by atoms with Crippen molar-refractivity contribution in [3.05, 3.63) is 30.0 Å². The molecule has 2 rings (SSSR count). The Morgan fingerprint density at radius 2 is 2.04 bits per heavy atom. The van der Waals surface area contributed by atoms with E-state index in [1.54, 1.807) is 18.8 Å². The molecule has 0 atom stereocenters. The molecule has 1 heterocycles. The third-order valence-electron chi connectivity index (χ3n) is 3.93. The first-order chi connectivity index (χ1) is 11.1. The number of likely N-dealkylation sites (N-methyl/N-ethyl adjacent to an activating group) is 1. The maximum absolute atomic E-state index is 12.5. The number of methoxy groups -OCH3 is 2. The Hall–Kier alpha value is -1.85. The number of rotatable bonds is 8. The number of fused-ring (bicyclic) bond motifs is 1. The molecule has 0 fully saturated rings. The van der Waals surface area contributed by atoms with Crippen molar-refractivity contribution in [2.45, 2.75) is 19.3 Å². The topological polar surface area (TPSA) is 43.7 Å². The molecule has 126 valence electrons. The van der Waals surface area contributed by atoms with Gasteiger partial charge < -0.3 is 14.4 Å². The fourth-order valence-corrected chi connectivity index (χ4v) is 2.64. The van der Waals surface area contributed by atoms with Gasteiger partial charge >= 0.3 is 0 Å². The molecule has 0 aliphatic carbocycles. The van der Waals surface area contributed by atoms with E-state index in [2.05, 4.69) is 19.0 Å². The van der Waals surface area contributed by atoms with Crippen molar-refractivity contribution in [3.63, 3.8) is 0 Å². The van der Waals surface area contributed by atoms with Gasteiger partial charge in [-0.2, -0.15) is 0 Å². The number of carbonyl (C=O) groups is 1. The summed E-state index contributed by atoms with van der Waals surface area (Å²) in [6, 6.07) is 5.87. The first-order valence-electron chi connectivity index (χ1n) is 7.91. The first-order valence-corrected chi connectivity index (χ1v) is 7.91. The number of benzene rings is 1. The van der Waals surface area contributed by atoms with E-state index in [-0.39, 0.29) is 5.91 Å². The molecule has 5 nitrogen and oxygen atoms in total. The molecule has 0 N–H and O–H groups in total. The van der Waals surface area contributed by atoms with Crippen LogP contribution in [-0.4, -0.2) is 56.8 Å². The molecule has 0 saturated heterocycles. The number of nitrogens with zero attached hydrogens (tertiary/aromatic N) is 2. The van der Waals surface area contributed by atoms with Gasteiger partial charge in [-0.3, -0.25) is 9.36 Å². The normalized spacial score (nSPS) is 11.3. The van der Waals surface area contributed by atoms with Crippen LogP contribution in [0.2, 0.25) is 0 Å². The van der Waals surface area contributed by atoms with Crippen molar-refractivity contribution >= 4 is 16.8 Å². The summed E-state index contributed by atoms with van der Waals surface area (Å²) in [4.78, 5) is 14.6. The highest BCUT2D eigenvalue weighted by Crippen LogP contribution is 2.27. The SMILES string of the molecule is COCCCC(=O)n1cc(CCN(C)C)c2cc(OC)ccc21. The fraction of sp³-hybridized carbons (Fsp3) is 0.500. The lowest BCUT2D eigenvalue weighted by Crippen LogP contribution is -2.15. The number of ether oxygens (including phenoxy) is 2. The van der Waals surface area contributed by atoms with E-state index in [1.165, 1.54) is 5.56 Å². The van der Waals surface area contributed by atoms with Gasteiger partial charge in [-0.05, 0) is 50.7 Å². The van der Waals surface area contributed by atoms with Gasteiger partial charge in [0.05, 0.1) is 12.6 Å². The quantitative estimate of drug-likeness (QED) is 0.702. The second-order valence-corrected chi connectivity index (χ2v) is 5.95. The van der Waals surface area contributed by atoms with Crippen molar-refractivity contribution in [3.8, 4) is 5.75 Å². The molecule has 2 aromatic rings. The van der Waals surface area contributed by atoms with E-state index < -0.39 is 0 Å². The van der Waals surface area contributed by atoms with Gasteiger partial charge in [0, 0.05) is 38.3 Å². The average molecular weight is 318 g/mol. The minimum Gasteiger partial charge on any atom is -0.497 e. The summed E-state index contributed by atoms with van der Waals surface area (Å²) in [5, 5.41) is 1.09. The molecule has 23 heavy (non-hydrogen) atoms. The van der Waals surface area contributed by atoms with E-state index in [1.807, 2.05) is 24.4 Å². The van der Waals surface area contributed by atoms with Crippen molar-refractivity contribution in [1.82, 2.24) is 9.47 Å². The van der Waals surface area contributed by atoms with Crippen LogP contribution in [-0.2, 0) is 11.2 Å². The molecule has 0 radical (unpaired) electrons. The Morgan fingerprint density at radius 3 is 2.70 bits per heavy atom. The maximum Gasteiger partial charge on any atom is 0.231 e. The van der Waals surface area contributed by atoms with Gasteiger partial charge in [-0.15, -0.1) is 0 Å². The van der Waals surface area contributed by atoms with Crippen molar-refractivity contribution < 1.29 is 14.3 Å². The Balaban J connectivity index is 2.34. The van der Waals surface area contributed by atoms with Crippen LogP contribution in [0.3, 0.4) is 0 Å².